The topological polar surface area (TPSA) is 67.8 Å². The molecule has 1 amide bonds. The van der Waals surface area contributed by atoms with Gasteiger partial charge >= 0.3 is 0 Å². The van der Waals surface area contributed by atoms with Gasteiger partial charge in [-0.2, -0.15) is 0 Å². The minimum atomic E-state index is -0.158. The van der Waals surface area contributed by atoms with E-state index >= 15 is 0 Å². The van der Waals surface area contributed by atoms with E-state index in [4.69, 9.17) is 11.6 Å². The third-order valence-corrected chi connectivity index (χ3v) is 4.20. The molecule has 0 aliphatic carbocycles. The van der Waals surface area contributed by atoms with Crippen LogP contribution in [-0.4, -0.2) is 20.9 Å². The van der Waals surface area contributed by atoms with Crippen LogP contribution in [0.2, 0.25) is 5.15 Å². The summed E-state index contributed by atoms with van der Waals surface area (Å²) in [6.07, 6.45) is 7.30. The first-order valence-corrected chi connectivity index (χ1v) is 8.68. The quantitative estimate of drug-likeness (QED) is 0.725. The van der Waals surface area contributed by atoms with E-state index in [9.17, 15) is 4.79 Å². The normalized spacial score (nSPS) is 11.8. The SMILES string of the molecule is Cc1cncc(NC(=O)c2cccc(C(C)Cc3cncc(Cl)n3)c2)c1. The Morgan fingerprint density at radius 2 is 1.96 bits per heavy atom. The highest BCUT2D eigenvalue weighted by molar-refractivity contribution is 6.29. The monoisotopic (exact) mass is 366 g/mol. The number of hydrogen-bond donors (Lipinski definition) is 1. The Morgan fingerprint density at radius 3 is 2.73 bits per heavy atom. The van der Waals surface area contributed by atoms with Gasteiger partial charge in [-0.1, -0.05) is 30.7 Å². The molecule has 0 spiro atoms. The summed E-state index contributed by atoms with van der Waals surface area (Å²) in [5.41, 5.74) is 4.16. The second-order valence-electron chi connectivity index (χ2n) is 6.27. The van der Waals surface area contributed by atoms with Crippen molar-refractivity contribution in [2.24, 2.45) is 0 Å². The Labute approximate surface area is 157 Å². The molecule has 6 heteroatoms. The summed E-state index contributed by atoms with van der Waals surface area (Å²) >= 11 is 5.90. The molecule has 1 atom stereocenters. The van der Waals surface area contributed by atoms with Crippen molar-refractivity contribution >= 4 is 23.2 Å². The Kier molecular flexibility index (Phi) is 5.58. The van der Waals surface area contributed by atoms with E-state index in [0.29, 0.717) is 22.8 Å². The average Bonchev–Trinajstić information content (AvgIpc) is 2.62. The molecule has 0 saturated heterocycles. The zero-order chi connectivity index (χ0) is 18.5. The van der Waals surface area contributed by atoms with E-state index in [0.717, 1.165) is 16.8 Å². The molecule has 0 saturated carbocycles. The molecule has 0 radical (unpaired) electrons. The first-order chi connectivity index (χ1) is 12.5. The number of halogens is 1. The fraction of sp³-hybridized carbons (Fsp3) is 0.200. The highest BCUT2D eigenvalue weighted by atomic mass is 35.5. The summed E-state index contributed by atoms with van der Waals surface area (Å²) in [5.74, 6) is 0.0187. The lowest BCUT2D eigenvalue weighted by atomic mass is 9.94. The number of nitrogens with zero attached hydrogens (tertiary/aromatic N) is 3. The lowest BCUT2D eigenvalue weighted by molar-refractivity contribution is 0.102. The molecule has 0 bridgehead atoms. The lowest BCUT2D eigenvalue weighted by Gasteiger charge is -2.13. The van der Waals surface area contributed by atoms with E-state index in [1.807, 2.05) is 31.2 Å². The van der Waals surface area contributed by atoms with Crippen LogP contribution in [0.4, 0.5) is 5.69 Å². The van der Waals surface area contributed by atoms with Crippen LogP contribution in [0.15, 0.2) is 55.1 Å². The van der Waals surface area contributed by atoms with Crippen LogP contribution in [0, 0.1) is 6.92 Å². The van der Waals surface area contributed by atoms with Gasteiger partial charge in [0, 0.05) is 18.0 Å². The number of nitrogens with one attached hydrogen (secondary N) is 1. The van der Waals surface area contributed by atoms with Crippen LogP contribution in [0.1, 0.15) is 40.0 Å². The third kappa shape index (κ3) is 4.64. The maximum absolute atomic E-state index is 12.5. The van der Waals surface area contributed by atoms with Gasteiger partial charge in [0.1, 0.15) is 5.15 Å². The molecule has 2 heterocycles. The maximum atomic E-state index is 12.5. The highest BCUT2D eigenvalue weighted by Crippen LogP contribution is 2.21. The molecule has 0 aliphatic heterocycles. The Morgan fingerprint density at radius 1 is 1.15 bits per heavy atom. The second kappa shape index (κ2) is 8.06. The lowest BCUT2D eigenvalue weighted by Crippen LogP contribution is -2.13. The number of hydrogen-bond acceptors (Lipinski definition) is 4. The minimum Gasteiger partial charge on any atom is -0.321 e. The standard InChI is InChI=1S/C20H19ClN4O/c1-13-6-17(10-22-9-13)25-20(26)16-5-3-4-15(8-16)14(2)7-18-11-23-12-19(21)24-18/h3-6,8-12,14H,7H2,1-2H3,(H,25,26). The van der Waals surface area contributed by atoms with Crippen molar-refractivity contribution in [2.45, 2.75) is 26.2 Å². The van der Waals surface area contributed by atoms with Gasteiger partial charge in [0.15, 0.2) is 0 Å². The predicted octanol–water partition coefficient (Wildman–Crippen LogP) is 4.43. The summed E-state index contributed by atoms with van der Waals surface area (Å²) in [7, 11) is 0. The first-order valence-electron chi connectivity index (χ1n) is 8.30. The number of aromatic nitrogens is 3. The second-order valence-corrected chi connectivity index (χ2v) is 6.66. The number of amides is 1. The molecule has 5 nitrogen and oxygen atoms in total. The highest BCUT2D eigenvalue weighted by Gasteiger charge is 2.12. The maximum Gasteiger partial charge on any atom is 0.255 e. The fourth-order valence-electron chi connectivity index (χ4n) is 2.72. The molecule has 132 valence electrons. The molecule has 0 fully saturated rings. The Bertz CT molecular complexity index is 929. The van der Waals surface area contributed by atoms with E-state index in [-0.39, 0.29) is 11.8 Å². The summed E-state index contributed by atoms with van der Waals surface area (Å²) in [5, 5.41) is 3.26. The summed E-state index contributed by atoms with van der Waals surface area (Å²) in [6.45, 7) is 4.02. The van der Waals surface area contributed by atoms with Crippen molar-refractivity contribution < 1.29 is 4.79 Å². The van der Waals surface area contributed by atoms with Gasteiger partial charge in [-0.05, 0) is 48.6 Å². The molecule has 2 aromatic heterocycles. The number of anilines is 1. The largest absolute Gasteiger partial charge is 0.321 e. The average molecular weight is 367 g/mol. The fourth-order valence-corrected chi connectivity index (χ4v) is 2.89. The minimum absolute atomic E-state index is 0.158. The van der Waals surface area contributed by atoms with Gasteiger partial charge in [0.2, 0.25) is 0 Å². The van der Waals surface area contributed by atoms with Crippen LogP contribution < -0.4 is 5.32 Å². The van der Waals surface area contributed by atoms with Crippen molar-refractivity contribution in [3.8, 4) is 0 Å². The van der Waals surface area contributed by atoms with Crippen LogP contribution in [0.25, 0.3) is 0 Å². The molecule has 3 aromatic rings. The summed E-state index contributed by atoms with van der Waals surface area (Å²) < 4.78 is 0. The third-order valence-electron chi connectivity index (χ3n) is 4.02. The van der Waals surface area contributed by atoms with Crippen LogP contribution in [0.5, 0.6) is 0 Å². The number of aryl methyl sites for hydroxylation is 1. The van der Waals surface area contributed by atoms with Gasteiger partial charge in [-0.15, -0.1) is 0 Å². The van der Waals surface area contributed by atoms with Crippen LogP contribution >= 0.6 is 11.6 Å². The smallest absolute Gasteiger partial charge is 0.255 e. The number of rotatable bonds is 5. The number of carbonyl (C=O) groups is 1. The van der Waals surface area contributed by atoms with E-state index in [1.165, 1.54) is 6.20 Å². The van der Waals surface area contributed by atoms with Crippen molar-refractivity contribution in [1.29, 1.82) is 0 Å². The molecule has 0 aliphatic rings. The summed E-state index contributed by atoms with van der Waals surface area (Å²) in [4.78, 5) is 25.0. The van der Waals surface area contributed by atoms with Crippen LogP contribution in [0.3, 0.4) is 0 Å². The predicted molar refractivity (Wildman–Crippen MR) is 103 cm³/mol. The molecular weight excluding hydrogens is 348 g/mol. The van der Waals surface area contributed by atoms with Gasteiger partial charge < -0.3 is 5.32 Å². The first kappa shape index (κ1) is 18.0. The zero-order valence-corrected chi connectivity index (χ0v) is 15.4. The number of pyridine rings is 1. The van der Waals surface area contributed by atoms with Gasteiger partial charge in [-0.3, -0.25) is 14.8 Å². The van der Waals surface area contributed by atoms with Crippen molar-refractivity contribution in [3.63, 3.8) is 0 Å². The molecule has 26 heavy (non-hydrogen) atoms. The van der Waals surface area contributed by atoms with E-state index in [1.54, 1.807) is 24.7 Å². The van der Waals surface area contributed by atoms with E-state index < -0.39 is 0 Å². The number of benzene rings is 1. The molecule has 1 unspecified atom stereocenters. The van der Waals surface area contributed by atoms with Crippen LogP contribution in [-0.2, 0) is 6.42 Å². The van der Waals surface area contributed by atoms with Crippen molar-refractivity contribution in [1.82, 2.24) is 15.0 Å². The molecule has 1 aromatic carbocycles. The van der Waals surface area contributed by atoms with Gasteiger partial charge in [0.25, 0.3) is 5.91 Å². The van der Waals surface area contributed by atoms with Crippen molar-refractivity contribution in [2.75, 3.05) is 5.32 Å². The molecule has 1 N–H and O–H groups in total. The zero-order valence-electron chi connectivity index (χ0n) is 14.6. The van der Waals surface area contributed by atoms with Crippen molar-refractivity contribution in [3.05, 3.63) is 82.7 Å². The van der Waals surface area contributed by atoms with E-state index in [2.05, 4.69) is 27.2 Å². The number of carbonyl (C=O) groups excluding carboxylic acids is 1. The van der Waals surface area contributed by atoms with Gasteiger partial charge in [-0.25, -0.2) is 4.98 Å². The molecular formula is C20H19ClN4O. The molecule has 3 rings (SSSR count). The summed E-state index contributed by atoms with van der Waals surface area (Å²) in [6, 6.07) is 9.48. The Hall–Kier alpha value is -2.79. The van der Waals surface area contributed by atoms with Gasteiger partial charge in [0.05, 0.1) is 23.8 Å². The Balaban J connectivity index is 1.73.